The monoisotopic (exact) mass is 340 g/mol. The summed E-state index contributed by atoms with van der Waals surface area (Å²) in [5.41, 5.74) is 1.26. The SMILES string of the molecule is Cc1cc(C)cc(NC(=O)NCc2cc(C(F)(F)F)ccc2F)c1. The van der Waals surface area contributed by atoms with Crippen molar-refractivity contribution < 1.29 is 22.4 Å². The van der Waals surface area contributed by atoms with Crippen LogP contribution in [0.3, 0.4) is 0 Å². The minimum Gasteiger partial charge on any atom is -0.334 e. The van der Waals surface area contributed by atoms with Gasteiger partial charge in [0.25, 0.3) is 0 Å². The number of amides is 2. The third kappa shape index (κ3) is 4.71. The molecule has 2 aromatic carbocycles. The van der Waals surface area contributed by atoms with E-state index >= 15 is 0 Å². The van der Waals surface area contributed by atoms with E-state index in [1.54, 1.807) is 12.1 Å². The molecule has 7 heteroatoms. The molecule has 0 heterocycles. The van der Waals surface area contributed by atoms with Gasteiger partial charge in [0.15, 0.2) is 0 Å². The van der Waals surface area contributed by atoms with Crippen molar-refractivity contribution in [3.63, 3.8) is 0 Å². The minimum atomic E-state index is -4.57. The minimum absolute atomic E-state index is 0.236. The van der Waals surface area contributed by atoms with Gasteiger partial charge in [-0.05, 0) is 55.3 Å². The molecule has 0 saturated carbocycles. The fourth-order valence-corrected chi connectivity index (χ4v) is 2.28. The topological polar surface area (TPSA) is 41.1 Å². The van der Waals surface area contributed by atoms with Crippen LogP contribution in [-0.2, 0) is 12.7 Å². The molecule has 0 aromatic heterocycles. The maximum atomic E-state index is 13.6. The Balaban J connectivity index is 2.03. The first-order chi connectivity index (χ1) is 11.1. The summed E-state index contributed by atoms with van der Waals surface area (Å²) in [6.07, 6.45) is -4.57. The summed E-state index contributed by atoms with van der Waals surface area (Å²) in [5.74, 6) is -0.810. The number of nitrogens with one attached hydrogen (secondary N) is 2. The first-order valence-corrected chi connectivity index (χ1v) is 7.14. The van der Waals surface area contributed by atoms with E-state index in [-0.39, 0.29) is 12.1 Å². The Hall–Kier alpha value is -2.57. The Morgan fingerprint density at radius 3 is 2.25 bits per heavy atom. The molecular formula is C17H16F4N2O. The van der Waals surface area contributed by atoms with E-state index in [0.29, 0.717) is 17.8 Å². The zero-order valence-electron chi connectivity index (χ0n) is 13.1. The van der Waals surface area contributed by atoms with Crippen LogP contribution in [0.25, 0.3) is 0 Å². The average Bonchev–Trinajstić information content (AvgIpc) is 2.44. The van der Waals surface area contributed by atoms with Crippen LogP contribution < -0.4 is 10.6 Å². The van der Waals surface area contributed by atoms with Gasteiger partial charge < -0.3 is 10.6 Å². The summed E-state index contributed by atoms with van der Waals surface area (Å²) in [4.78, 5) is 11.8. The molecule has 0 bridgehead atoms. The predicted molar refractivity (Wildman–Crippen MR) is 83.2 cm³/mol. The van der Waals surface area contributed by atoms with Gasteiger partial charge in [0, 0.05) is 17.8 Å². The molecule has 2 rings (SSSR count). The maximum absolute atomic E-state index is 13.6. The normalized spacial score (nSPS) is 11.2. The molecule has 2 N–H and O–H groups in total. The largest absolute Gasteiger partial charge is 0.416 e. The van der Waals surface area contributed by atoms with E-state index in [2.05, 4.69) is 10.6 Å². The molecule has 2 amide bonds. The summed E-state index contributed by atoms with van der Waals surface area (Å²) in [6.45, 7) is 3.38. The van der Waals surface area contributed by atoms with Crippen LogP contribution in [0, 0.1) is 19.7 Å². The lowest BCUT2D eigenvalue weighted by molar-refractivity contribution is -0.137. The number of urea groups is 1. The third-order valence-corrected chi connectivity index (χ3v) is 3.29. The molecular weight excluding hydrogens is 324 g/mol. The summed E-state index contributed by atoms with van der Waals surface area (Å²) in [6, 6.07) is 6.88. The molecule has 0 radical (unpaired) electrons. The summed E-state index contributed by atoms with van der Waals surface area (Å²) >= 11 is 0. The molecule has 0 atom stereocenters. The number of halogens is 4. The number of benzene rings is 2. The molecule has 128 valence electrons. The second-order valence-corrected chi connectivity index (χ2v) is 5.49. The Morgan fingerprint density at radius 2 is 1.67 bits per heavy atom. The summed E-state index contributed by atoms with van der Waals surface area (Å²) in [7, 11) is 0. The van der Waals surface area contributed by atoms with E-state index < -0.39 is 23.6 Å². The van der Waals surface area contributed by atoms with Crippen LogP contribution in [-0.4, -0.2) is 6.03 Å². The van der Waals surface area contributed by atoms with Crippen LogP contribution >= 0.6 is 0 Å². The number of rotatable bonds is 3. The van der Waals surface area contributed by atoms with Gasteiger partial charge in [0.05, 0.1) is 5.56 Å². The highest BCUT2D eigenvalue weighted by atomic mass is 19.4. The zero-order chi connectivity index (χ0) is 17.9. The second-order valence-electron chi connectivity index (χ2n) is 5.49. The Labute approximate surface area is 136 Å². The number of alkyl halides is 3. The van der Waals surface area contributed by atoms with Crippen LogP contribution in [0.4, 0.5) is 28.0 Å². The van der Waals surface area contributed by atoms with Crippen molar-refractivity contribution in [2.75, 3.05) is 5.32 Å². The van der Waals surface area contributed by atoms with Crippen molar-refractivity contribution in [3.05, 3.63) is 64.5 Å². The number of anilines is 1. The maximum Gasteiger partial charge on any atom is 0.416 e. The van der Waals surface area contributed by atoms with Gasteiger partial charge in [-0.25, -0.2) is 9.18 Å². The first kappa shape index (κ1) is 17.8. The predicted octanol–water partition coefficient (Wildman–Crippen LogP) is 4.78. The Morgan fingerprint density at radius 1 is 1.04 bits per heavy atom. The molecule has 0 saturated heterocycles. The van der Waals surface area contributed by atoms with Gasteiger partial charge in [-0.1, -0.05) is 6.07 Å². The molecule has 2 aromatic rings. The molecule has 0 aliphatic carbocycles. The van der Waals surface area contributed by atoms with Crippen molar-refractivity contribution in [1.82, 2.24) is 5.32 Å². The lowest BCUT2D eigenvalue weighted by Gasteiger charge is -2.12. The molecule has 0 fully saturated rings. The lowest BCUT2D eigenvalue weighted by Crippen LogP contribution is -2.28. The number of hydrogen-bond donors (Lipinski definition) is 2. The van der Waals surface area contributed by atoms with Gasteiger partial charge in [-0.3, -0.25) is 0 Å². The van der Waals surface area contributed by atoms with Gasteiger partial charge in [-0.2, -0.15) is 13.2 Å². The molecule has 0 aliphatic heterocycles. The molecule has 0 aliphatic rings. The first-order valence-electron chi connectivity index (χ1n) is 7.14. The lowest BCUT2D eigenvalue weighted by atomic mass is 10.1. The van der Waals surface area contributed by atoms with Gasteiger partial charge in [0.1, 0.15) is 5.82 Å². The van der Waals surface area contributed by atoms with Crippen molar-refractivity contribution in [2.24, 2.45) is 0 Å². The molecule has 0 unspecified atom stereocenters. The van der Waals surface area contributed by atoms with Crippen LogP contribution in [0.1, 0.15) is 22.3 Å². The third-order valence-electron chi connectivity index (χ3n) is 3.29. The standard InChI is InChI=1S/C17H16F4N2O/c1-10-5-11(2)7-14(6-10)23-16(24)22-9-12-8-13(17(19,20)21)3-4-15(12)18/h3-8H,9H2,1-2H3,(H2,22,23,24). The van der Waals surface area contributed by atoms with E-state index in [9.17, 15) is 22.4 Å². The number of carbonyl (C=O) groups excluding carboxylic acids is 1. The van der Waals surface area contributed by atoms with Gasteiger partial charge in [-0.15, -0.1) is 0 Å². The van der Waals surface area contributed by atoms with Crippen molar-refractivity contribution in [3.8, 4) is 0 Å². The van der Waals surface area contributed by atoms with Crippen molar-refractivity contribution in [2.45, 2.75) is 26.6 Å². The van der Waals surface area contributed by atoms with Crippen molar-refractivity contribution >= 4 is 11.7 Å². The quantitative estimate of drug-likeness (QED) is 0.776. The summed E-state index contributed by atoms with van der Waals surface area (Å²) in [5, 5.41) is 4.91. The molecule has 24 heavy (non-hydrogen) atoms. The van der Waals surface area contributed by atoms with Crippen LogP contribution in [0.2, 0.25) is 0 Å². The fourth-order valence-electron chi connectivity index (χ4n) is 2.28. The van der Waals surface area contributed by atoms with Crippen LogP contribution in [0.15, 0.2) is 36.4 Å². The number of carbonyl (C=O) groups is 1. The van der Waals surface area contributed by atoms with Crippen molar-refractivity contribution in [1.29, 1.82) is 0 Å². The number of aryl methyl sites for hydroxylation is 2. The van der Waals surface area contributed by atoms with E-state index in [1.807, 2.05) is 19.9 Å². The van der Waals surface area contributed by atoms with E-state index in [4.69, 9.17) is 0 Å². The van der Waals surface area contributed by atoms with Gasteiger partial charge in [0.2, 0.25) is 0 Å². The van der Waals surface area contributed by atoms with E-state index in [1.165, 1.54) is 0 Å². The highest BCUT2D eigenvalue weighted by Gasteiger charge is 2.31. The Kier molecular flexibility index (Phi) is 5.11. The molecule has 3 nitrogen and oxygen atoms in total. The smallest absolute Gasteiger partial charge is 0.334 e. The van der Waals surface area contributed by atoms with Crippen LogP contribution in [0.5, 0.6) is 0 Å². The van der Waals surface area contributed by atoms with Gasteiger partial charge >= 0.3 is 12.2 Å². The highest BCUT2D eigenvalue weighted by molar-refractivity contribution is 5.89. The fraction of sp³-hybridized carbons (Fsp3) is 0.235. The van der Waals surface area contributed by atoms with E-state index in [0.717, 1.165) is 17.2 Å². The second kappa shape index (κ2) is 6.90. The zero-order valence-corrected chi connectivity index (χ0v) is 13.1. The number of hydrogen-bond acceptors (Lipinski definition) is 1. The average molecular weight is 340 g/mol. The Bertz CT molecular complexity index is 736. The highest BCUT2D eigenvalue weighted by Crippen LogP contribution is 2.30. The summed E-state index contributed by atoms with van der Waals surface area (Å²) < 4.78 is 51.5. The molecule has 0 spiro atoms.